The van der Waals surface area contributed by atoms with E-state index in [2.05, 4.69) is 26.3 Å². The van der Waals surface area contributed by atoms with E-state index in [4.69, 9.17) is 20.4 Å². The Hall–Kier alpha value is -3.08. The second kappa shape index (κ2) is 8.58. The Morgan fingerprint density at radius 2 is 2.06 bits per heavy atom. The number of rotatable bonds is 6. The van der Waals surface area contributed by atoms with E-state index in [-0.39, 0.29) is 6.61 Å². The molecule has 11 heteroatoms. The molecule has 0 saturated carbocycles. The Kier molecular flexibility index (Phi) is 5.86. The van der Waals surface area contributed by atoms with Crippen molar-refractivity contribution < 1.29 is 13.7 Å². The van der Waals surface area contributed by atoms with Crippen molar-refractivity contribution in [2.24, 2.45) is 5.73 Å². The largest absolute Gasteiger partial charge is 0.447 e. The van der Waals surface area contributed by atoms with Gasteiger partial charge in [0, 0.05) is 37.7 Å². The zero-order valence-corrected chi connectivity index (χ0v) is 18.3. The summed E-state index contributed by atoms with van der Waals surface area (Å²) < 4.78 is 17.5. The third-order valence-electron chi connectivity index (χ3n) is 5.05. The molecule has 4 rings (SSSR count). The number of nitrogens with two attached hydrogens (primary N) is 1. The second-order valence-corrected chi connectivity index (χ2v) is 9.57. The lowest BCUT2D eigenvalue weighted by atomic mass is 10.1. The fourth-order valence-corrected chi connectivity index (χ4v) is 4.84. The Morgan fingerprint density at radius 3 is 2.74 bits per heavy atom. The monoisotopic (exact) mass is 443 g/mol. The van der Waals surface area contributed by atoms with Gasteiger partial charge in [-0.1, -0.05) is 6.08 Å². The minimum Gasteiger partial charge on any atom is -0.447 e. The maximum absolute atomic E-state index is 12.6. The van der Waals surface area contributed by atoms with Crippen LogP contribution in [-0.2, 0) is 22.0 Å². The van der Waals surface area contributed by atoms with Crippen LogP contribution in [0.15, 0.2) is 29.4 Å². The summed E-state index contributed by atoms with van der Waals surface area (Å²) >= 11 is 0. The third kappa shape index (κ3) is 4.82. The number of aromatic nitrogens is 4. The smallest absolute Gasteiger partial charge is 0.404 e. The van der Waals surface area contributed by atoms with Crippen molar-refractivity contribution in [3.05, 3.63) is 36.1 Å². The van der Waals surface area contributed by atoms with Crippen LogP contribution in [0.2, 0.25) is 0 Å². The number of anilines is 2. The second-order valence-electron chi connectivity index (χ2n) is 8.06. The third-order valence-corrected chi connectivity index (χ3v) is 6.51. The van der Waals surface area contributed by atoms with Crippen molar-refractivity contribution in [2.75, 3.05) is 35.7 Å². The molecule has 2 aromatic rings. The quantitative estimate of drug-likeness (QED) is 0.680. The van der Waals surface area contributed by atoms with Gasteiger partial charge in [-0.2, -0.15) is 4.98 Å². The maximum atomic E-state index is 12.6. The van der Waals surface area contributed by atoms with E-state index >= 15 is 0 Å². The van der Waals surface area contributed by atoms with E-state index < -0.39 is 22.4 Å². The van der Waals surface area contributed by atoms with E-state index in [0.29, 0.717) is 35.4 Å². The van der Waals surface area contributed by atoms with Crippen LogP contribution in [0.5, 0.6) is 0 Å². The molecule has 4 heterocycles. The van der Waals surface area contributed by atoms with Crippen LogP contribution in [0, 0.1) is 0 Å². The summed E-state index contributed by atoms with van der Waals surface area (Å²) in [5.74, 6) is 2.35. The number of ether oxygens (including phenoxy) is 1. The summed E-state index contributed by atoms with van der Waals surface area (Å²) in [7, 11) is -1.17. The fourth-order valence-electron chi connectivity index (χ4n) is 3.54. The Balaban J connectivity index is 1.58. The topological polar surface area (TPSA) is 136 Å². The fraction of sp³-hybridized carbons (Fsp3) is 0.450. The van der Waals surface area contributed by atoms with Crippen LogP contribution >= 0.6 is 0 Å². The predicted octanol–water partition coefficient (Wildman–Crippen LogP) is 1.51. The summed E-state index contributed by atoms with van der Waals surface area (Å²) in [5, 5.41) is 3.28. The molecule has 1 atom stereocenters. The van der Waals surface area contributed by atoms with Crippen LogP contribution in [0.3, 0.4) is 0 Å². The summed E-state index contributed by atoms with van der Waals surface area (Å²) in [5.41, 5.74) is 6.33. The molecule has 1 unspecified atom stereocenters. The molecule has 10 nitrogen and oxygen atoms in total. The number of amides is 1. The first-order chi connectivity index (χ1) is 14.8. The molecule has 164 valence electrons. The molecule has 0 aliphatic carbocycles. The number of primary amides is 1. The minimum atomic E-state index is -1.17. The molecule has 0 bridgehead atoms. The number of carbonyl (C=O) groups is 1. The average Bonchev–Trinajstić information content (AvgIpc) is 3.14. The molecule has 0 fully saturated rings. The summed E-state index contributed by atoms with van der Waals surface area (Å²) in [6.07, 6.45) is 6.13. The van der Waals surface area contributed by atoms with Crippen molar-refractivity contribution in [2.45, 2.75) is 37.1 Å². The number of aryl methyl sites for hydroxylation is 1. The first-order valence-corrected chi connectivity index (χ1v) is 11.4. The van der Waals surface area contributed by atoms with Crippen molar-refractivity contribution in [3.63, 3.8) is 0 Å². The SMILES string of the molecule is CC(C)(COC(N)=O)Nc1nc(N2CC=C(c3ncccn3)CC2)nc2c1S(=O)CC2. The van der Waals surface area contributed by atoms with Crippen LogP contribution in [0.4, 0.5) is 16.6 Å². The Morgan fingerprint density at radius 1 is 1.29 bits per heavy atom. The molecule has 0 radical (unpaired) electrons. The van der Waals surface area contributed by atoms with Gasteiger partial charge in [-0.25, -0.2) is 19.7 Å². The highest BCUT2D eigenvalue weighted by Gasteiger charge is 2.31. The van der Waals surface area contributed by atoms with Gasteiger partial charge in [-0.3, -0.25) is 4.21 Å². The van der Waals surface area contributed by atoms with E-state index in [1.165, 1.54) is 0 Å². The molecule has 0 aromatic carbocycles. The summed E-state index contributed by atoms with van der Waals surface area (Å²) in [4.78, 5) is 31.8. The molecule has 0 spiro atoms. The lowest BCUT2D eigenvalue weighted by molar-refractivity contribution is 0.138. The van der Waals surface area contributed by atoms with Crippen molar-refractivity contribution in [1.29, 1.82) is 0 Å². The van der Waals surface area contributed by atoms with Gasteiger partial charge in [-0.05, 0) is 31.9 Å². The van der Waals surface area contributed by atoms with Gasteiger partial charge in [0.2, 0.25) is 5.95 Å². The molecular weight excluding hydrogens is 418 g/mol. The van der Waals surface area contributed by atoms with Crippen LogP contribution in [0.25, 0.3) is 5.57 Å². The predicted molar refractivity (Wildman–Crippen MR) is 117 cm³/mol. The highest BCUT2D eigenvalue weighted by atomic mass is 32.2. The minimum absolute atomic E-state index is 0.0516. The van der Waals surface area contributed by atoms with Crippen molar-refractivity contribution in [3.8, 4) is 0 Å². The van der Waals surface area contributed by atoms with Gasteiger partial charge in [-0.15, -0.1) is 0 Å². The normalized spacial score (nSPS) is 18.3. The average molecular weight is 444 g/mol. The number of hydrogen-bond acceptors (Lipinski definition) is 9. The molecule has 3 N–H and O–H groups in total. The Bertz CT molecular complexity index is 1040. The molecule has 0 saturated heterocycles. The van der Waals surface area contributed by atoms with E-state index in [1.54, 1.807) is 18.5 Å². The zero-order valence-electron chi connectivity index (χ0n) is 17.5. The van der Waals surface area contributed by atoms with E-state index in [0.717, 1.165) is 30.1 Å². The number of nitrogens with zero attached hydrogens (tertiary/aromatic N) is 5. The van der Waals surface area contributed by atoms with Crippen LogP contribution in [0.1, 0.15) is 31.8 Å². The van der Waals surface area contributed by atoms with Crippen molar-refractivity contribution >= 4 is 34.2 Å². The van der Waals surface area contributed by atoms with Crippen molar-refractivity contribution in [1.82, 2.24) is 19.9 Å². The van der Waals surface area contributed by atoms with Gasteiger partial charge in [0.25, 0.3) is 0 Å². The molecule has 2 aromatic heterocycles. The van der Waals surface area contributed by atoms with E-state index in [9.17, 15) is 9.00 Å². The number of nitrogens with one attached hydrogen (secondary N) is 1. The van der Waals surface area contributed by atoms with Crippen LogP contribution in [-0.4, -0.2) is 61.2 Å². The number of carbonyl (C=O) groups excluding carboxylic acids is 1. The molecule has 1 amide bonds. The first kappa shape index (κ1) is 21.2. The molecule has 2 aliphatic rings. The van der Waals surface area contributed by atoms with Gasteiger partial charge in [0.1, 0.15) is 17.3 Å². The van der Waals surface area contributed by atoms with Crippen LogP contribution < -0.4 is 16.0 Å². The van der Waals surface area contributed by atoms with Gasteiger partial charge in [0.15, 0.2) is 5.82 Å². The van der Waals surface area contributed by atoms with Gasteiger partial charge < -0.3 is 20.7 Å². The first-order valence-electron chi connectivity index (χ1n) is 10.0. The van der Waals surface area contributed by atoms with E-state index in [1.807, 2.05) is 13.8 Å². The number of fused-ring (bicyclic) bond motifs is 1. The van der Waals surface area contributed by atoms with Gasteiger partial charge >= 0.3 is 6.09 Å². The zero-order chi connectivity index (χ0) is 22.0. The molecule has 31 heavy (non-hydrogen) atoms. The highest BCUT2D eigenvalue weighted by Crippen LogP contribution is 2.32. The standard InChI is InChI=1S/C20H25N7O3S/c1-20(2,12-30-18(21)28)26-17-15-14(6-11-31(15)29)24-19(25-17)27-9-4-13(5-10-27)16-22-7-3-8-23-16/h3-4,7-8H,5-6,9-12H2,1-2H3,(H2,21,28)(H,24,25,26). The maximum Gasteiger partial charge on any atom is 0.404 e. The lowest BCUT2D eigenvalue weighted by Gasteiger charge is -2.29. The lowest BCUT2D eigenvalue weighted by Crippen LogP contribution is -2.39. The summed E-state index contributed by atoms with van der Waals surface area (Å²) in [6.45, 7) is 5.12. The number of hydrogen-bond donors (Lipinski definition) is 2. The Labute approximate surface area is 182 Å². The highest BCUT2D eigenvalue weighted by molar-refractivity contribution is 7.85. The summed E-state index contributed by atoms with van der Waals surface area (Å²) in [6, 6.07) is 1.80. The molecule has 2 aliphatic heterocycles. The van der Waals surface area contributed by atoms with Gasteiger partial charge in [0.05, 0.1) is 22.0 Å². The molecular formula is C20H25N7O3S.